The van der Waals surface area contributed by atoms with Gasteiger partial charge in [-0.1, -0.05) is 20.8 Å². The Morgan fingerprint density at radius 2 is 1.86 bits per heavy atom. The molecule has 84 valence electrons. The third kappa shape index (κ3) is 4.43. The number of rotatable bonds is 6. The molecule has 1 heterocycles. The lowest BCUT2D eigenvalue weighted by molar-refractivity contribution is 0.298. The van der Waals surface area contributed by atoms with E-state index in [1.165, 1.54) is 38.9 Å². The second-order valence-electron chi connectivity index (χ2n) is 5.24. The van der Waals surface area contributed by atoms with E-state index in [2.05, 4.69) is 31.0 Å². The Hall–Kier alpha value is -0.0800. The van der Waals surface area contributed by atoms with Crippen LogP contribution in [0.15, 0.2) is 0 Å². The van der Waals surface area contributed by atoms with E-state index >= 15 is 0 Å². The fraction of sp³-hybridized carbons (Fsp3) is 1.00. The molecule has 0 aromatic carbocycles. The number of nitrogens with one attached hydrogen (secondary N) is 1. The smallest absolute Gasteiger partial charge is 0.0107 e. The molecule has 1 fully saturated rings. The molecule has 0 aromatic rings. The highest BCUT2D eigenvalue weighted by Gasteiger charge is 2.14. The Bertz CT molecular complexity index is 148. The molecule has 0 radical (unpaired) electrons. The van der Waals surface area contributed by atoms with E-state index in [4.69, 9.17) is 0 Å². The Labute approximate surface area is 89.1 Å². The number of hydrogen-bond donors (Lipinski definition) is 1. The minimum atomic E-state index is 0.463. The van der Waals surface area contributed by atoms with Gasteiger partial charge in [0.2, 0.25) is 0 Å². The van der Waals surface area contributed by atoms with Gasteiger partial charge in [-0.2, -0.15) is 0 Å². The summed E-state index contributed by atoms with van der Waals surface area (Å²) in [6.45, 7) is 13.1. The second kappa shape index (κ2) is 5.72. The minimum Gasteiger partial charge on any atom is -0.315 e. The lowest BCUT2D eigenvalue weighted by Gasteiger charge is -2.24. The normalized spacial score (nSPS) is 19.1. The molecular formula is C12H26N2. The summed E-state index contributed by atoms with van der Waals surface area (Å²) < 4.78 is 0. The number of likely N-dealkylation sites (tertiary alicyclic amines) is 1. The van der Waals surface area contributed by atoms with Crippen LogP contribution in [0.1, 0.15) is 40.0 Å². The lowest BCUT2D eigenvalue weighted by atomic mass is 9.90. The van der Waals surface area contributed by atoms with Gasteiger partial charge in [0.15, 0.2) is 0 Å². The van der Waals surface area contributed by atoms with Crippen molar-refractivity contribution in [2.75, 3.05) is 32.7 Å². The van der Waals surface area contributed by atoms with Crippen LogP contribution in [-0.4, -0.2) is 37.6 Å². The number of nitrogens with zero attached hydrogens (tertiary/aromatic N) is 1. The molecule has 2 nitrogen and oxygen atoms in total. The first kappa shape index (κ1) is 12.0. The predicted molar refractivity (Wildman–Crippen MR) is 62.6 cm³/mol. The van der Waals surface area contributed by atoms with Gasteiger partial charge in [-0.05, 0) is 37.8 Å². The average Bonchev–Trinajstić information content (AvgIpc) is 2.65. The van der Waals surface area contributed by atoms with Gasteiger partial charge < -0.3 is 10.2 Å². The molecule has 0 unspecified atom stereocenters. The van der Waals surface area contributed by atoms with Crippen molar-refractivity contribution in [1.29, 1.82) is 0 Å². The zero-order chi connectivity index (χ0) is 10.4. The Morgan fingerprint density at radius 3 is 2.43 bits per heavy atom. The highest BCUT2D eigenvalue weighted by Crippen LogP contribution is 2.17. The zero-order valence-corrected chi connectivity index (χ0v) is 10.1. The fourth-order valence-electron chi connectivity index (χ4n) is 1.80. The summed E-state index contributed by atoms with van der Waals surface area (Å²) in [6.07, 6.45) is 4.06. The Balaban J connectivity index is 1.98. The van der Waals surface area contributed by atoms with Crippen LogP contribution in [-0.2, 0) is 0 Å². The van der Waals surface area contributed by atoms with Crippen molar-refractivity contribution in [3.63, 3.8) is 0 Å². The molecule has 0 bridgehead atoms. The molecule has 14 heavy (non-hydrogen) atoms. The fourth-order valence-corrected chi connectivity index (χ4v) is 1.80. The molecule has 1 N–H and O–H groups in total. The molecule has 0 atom stereocenters. The van der Waals surface area contributed by atoms with Crippen LogP contribution in [0, 0.1) is 5.41 Å². The molecule has 0 saturated carbocycles. The lowest BCUT2D eigenvalue weighted by Crippen LogP contribution is -2.35. The summed E-state index contributed by atoms with van der Waals surface area (Å²) in [4.78, 5) is 2.56. The zero-order valence-electron chi connectivity index (χ0n) is 10.1. The summed E-state index contributed by atoms with van der Waals surface area (Å²) in [5.41, 5.74) is 0.463. The monoisotopic (exact) mass is 198 g/mol. The van der Waals surface area contributed by atoms with E-state index < -0.39 is 0 Å². The molecule has 0 aromatic heterocycles. The summed E-state index contributed by atoms with van der Waals surface area (Å²) in [6, 6.07) is 0. The topological polar surface area (TPSA) is 15.3 Å². The van der Waals surface area contributed by atoms with E-state index in [1.54, 1.807) is 0 Å². The third-order valence-electron chi connectivity index (χ3n) is 3.36. The van der Waals surface area contributed by atoms with Gasteiger partial charge in [0.05, 0.1) is 0 Å². The average molecular weight is 198 g/mol. The molecular weight excluding hydrogens is 172 g/mol. The first-order valence-electron chi connectivity index (χ1n) is 6.07. The van der Waals surface area contributed by atoms with Crippen molar-refractivity contribution in [3.8, 4) is 0 Å². The van der Waals surface area contributed by atoms with Gasteiger partial charge in [-0.15, -0.1) is 0 Å². The van der Waals surface area contributed by atoms with Crippen LogP contribution in [0.25, 0.3) is 0 Å². The summed E-state index contributed by atoms with van der Waals surface area (Å²) in [5, 5.41) is 3.56. The van der Waals surface area contributed by atoms with Gasteiger partial charge in [0.25, 0.3) is 0 Å². The van der Waals surface area contributed by atoms with Gasteiger partial charge in [-0.3, -0.25) is 0 Å². The second-order valence-corrected chi connectivity index (χ2v) is 5.24. The summed E-state index contributed by atoms with van der Waals surface area (Å²) >= 11 is 0. The van der Waals surface area contributed by atoms with Crippen LogP contribution in [0.5, 0.6) is 0 Å². The van der Waals surface area contributed by atoms with Crippen LogP contribution in [0.3, 0.4) is 0 Å². The quantitative estimate of drug-likeness (QED) is 0.658. The maximum Gasteiger partial charge on any atom is 0.0107 e. The van der Waals surface area contributed by atoms with Gasteiger partial charge in [0, 0.05) is 19.6 Å². The number of hydrogen-bond acceptors (Lipinski definition) is 2. The van der Waals surface area contributed by atoms with E-state index in [9.17, 15) is 0 Å². The van der Waals surface area contributed by atoms with Crippen molar-refractivity contribution in [1.82, 2.24) is 10.2 Å². The SMILES string of the molecule is CCC(C)(C)CNCCN1CCCC1. The summed E-state index contributed by atoms with van der Waals surface area (Å²) in [5.74, 6) is 0. The van der Waals surface area contributed by atoms with Gasteiger partial charge >= 0.3 is 0 Å². The maximum absolute atomic E-state index is 3.56. The van der Waals surface area contributed by atoms with Gasteiger partial charge in [0.1, 0.15) is 0 Å². The molecule has 0 spiro atoms. The molecule has 1 rings (SSSR count). The Morgan fingerprint density at radius 1 is 1.21 bits per heavy atom. The van der Waals surface area contributed by atoms with Crippen LogP contribution in [0.4, 0.5) is 0 Å². The van der Waals surface area contributed by atoms with Crippen molar-refractivity contribution < 1.29 is 0 Å². The van der Waals surface area contributed by atoms with Crippen LogP contribution >= 0.6 is 0 Å². The first-order chi connectivity index (χ1) is 6.64. The molecule has 2 heteroatoms. The standard InChI is InChI=1S/C12H26N2/c1-4-12(2,3)11-13-7-10-14-8-5-6-9-14/h13H,4-11H2,1-3H3. The van der Waals surface area contributed by atoms with Crippen molar-refractivity contribution >= 4 is 0 Å². The Kier molecular flexibility index (Phi) is 4.90. The molecule has 1 aliphatic heterocycles. The molecule has 1 aliphatic rings. The van der Waals surface area contributed by atoms with Crippen molar-refractivity contribution in [3.05, 3.63) is 0 Å². The third-order valence-corrected chi connectivity index (χ3v) is 3.36. The predicted octanol–water partition coefficient (Wildman–Crippen LogP) is 2.11. The van der Waals surface area contributed by atoms with E-state index in [1.807, 2.05) is 0 Å². The maximum atomic E-state index is 3.56. The van der Waals surface area contributed by atoms with E-state index in [-0.39, 0.29) is 0 Å². The highest BCUT2D eigenvalue weighted by atomic mass is 15.1. The van der Waals surface area contributed by atoms with Crippen molar-refractivity contribution in [2.45, 2.75) is 40.0 Å². The molecule has 0 aliphatic carbocycles. The minimum absolute atomic E-state index is 0.463. The van der Waals surface area contributed by atoms with Crippen LogP contribution in [0.2, 0.25) is 0 Å². The summed E-state index contributed by atoms with van der Waals surface area (Å²) in [7, 11) is 0. The van der Waals surface area contributed by atoms with E-state index in [0.717, 1.165) is 13.1 Å². The molecule has 1 saturated heterocycles. The largest absolute Gasteiger partial charge is 0.315 e. The highest BCUT2D eigenvalue weighted by molar-refractivity contribution is 4.71. The first-order valence-corrected chi connectivity index (χ1v) is 6.07. The van der Waals surface area contributed by atoms with Crippen molar-refractivity contribution in [2.24, 2.45) is 5.41 Å². The van der Waals surface area contributed by atoms with Crippen LogP contribution < -0.4 is 5.32 Å². The van der Waals surface area contributed by atoms with E-state index in [0.29, 0.717) is 5.41 Å². The van der Waals surface area contributed by atoms with Gasteiger partial charge in [-0.25, -0.2) is 0 Å². The molecule has 0 amide bonds.